The number of rotatable bonds is 4. The molecular formula is C9H16. The molecule has 0 unspecified atom stereocenters. The van der Waals surface area contributed by atoms with Crippen LogP contribution in [-0.4, -0.2) is 0 Å². The normalized spacial score (nSPS) is 11.8. The van der Waals surface area contributed by atoms with Crippen LogP contribution in [0.1, 0.15) is 33.1 Å². The first-order chi connectivity index (χ1) is 4.41. The third-order valence-corrected chi connectivity index (χ3v) is 1.21. The molecular weight excluding hydrogens is 108 g/mol. The van der Waals surface area contributed by atoms with E-state index >= 15 is 0 Å². The molecule has 0 heterocycles. The summed E-state index contributed by atoms with van der Waals surface area (Å²) in [6.45, 7) is 4.13. The summed E-state index contributed by atoms with van der Waals surface area (Å²) >= 11 is 0. The molecule has 0 atom stereocenters. The van der Waals surface area contributed by atoms with Crippen LogP contribution in [0.2, 0.25) is 0 Å². The maximum atomic E-state index is 2.21. The zero-order valence-corrected chi connectivity index (χ0v) is 6.43. The van der Waals surface area contributed by atoms with Crippen molar-refractivity contribution in [3.63, 3.8) is 0 Å². The summed E-state index contributed by atoms with van der Waals surface area (Å²) in [5, 5.41) is 0. The van der Waals surface area contributed by atoms with Crippen molar-refractivity contribution < 1.29 is 0 Å². The molecule has 0 N–H and O–H groups in total. The fourth-order valence-electron chi connectivity index (χ4n) is 0.687. The van der Waals surface area contributed by atoms with E-state index in [1.165, 1.54) is 19.3 Å². The third kappa shape index (κ3) is 7.48. The Bertz CT molecular complexity index is 76.2. The summed E-state index contributed by atoms with van der Waals surface area (Å²) in [5.41, 5.74) is 0. The highest BCUT2D eigenvalue weighted by molar-refractivity contribution is 4.81. The summed E-state index contributed by atoms with van der Waals surface area (Å²) in [6, 6.07) is 0. The zero-order chi connectivity index (χ0) is 6.95. The Labute approximate surface area is 58.3 Å². The van der Waals surface area contributed by atoms with Crippen LogP contribution in [0.3, 0.4) is 0 Å². The van der Waals surface area contributed by atoms with Crippen molar-refractivity contribution in [2.75, 3.05) is 0 Å². The average Bonchev–Trinajstić information content (AvgIpc) is 1.89. The van der Waals surface area contributed by atoms with Crippen LogP contribution in [0, 0.1) is 0 Å². The lowest BCUT2D eigenvalue weighted by Gasteiger charge is -1.86. The molecule has 0 amide bonds. The lowest BCUT2D eigenvalue weighted by molar-refractivity contribution is 0.866. The second kappa shape index (κ2) is 7.48. The topological polar surface area (TPSA) is 0 Å². The van der Waals surface area contributed by atoms with Gasteiger partial charge in [0.1, 0.15) is 0 Å². The van der Waals surface area contributed by atoms with Crippen LogP contribution in [0.25, 0.3) is 0 Å². The molecule has 0 aliphatic rings. The first kappa shape index (κ1) is 8.48. The fourth-order valence-corrected chi connectivity index (χ4v) is 0.687. The molecule has 0 radical (unpaired) electrons. The van der Waals surface area contributed by atoms with Gasteiger partial charge < -0.3 is 0 Å². The first-order valence-electron chi connectivity index (χ1n) is 3.64. The Morgan fingerprint density at radius 3 is 1.67 bits per heavy atom. The van der Waals surface area contributed by atoms with Crippen molar-refractivity contribution in [2.24, 2.45) is 0 Å². The Kier molecular flexibility index (Phi) is 7.05. The summed E-state index contributed by atoms with van der Waals surface area (Å²) in [4.78, 5) is 0. The van der Waals surface area contributed by atoms with Gasteiger partial charge in [-0.3, -0.25) is 0 Å². The Balaban J connectivity index is 2.91. The zero-order valence-electron chi connectivity index (χ0n) is 6.43. The molecule has 0 aromatic carbocycles. The average molecular weight is 124 g/mol. The Hall–Kier alpha value is -0.520. The molecule has 0 fully saturated rings. The largest absolute Gasteiger partial charge is 0.0917 e. The molecule has 9 heavy (non-hydrogen) atoms. The molecule has 0 aromatic rings. The van der Waals surface area contributed by atoms with E-state index in [1.807, 2.05) is 0 Å². The van der Waals surface area contributed by atoms with Gasteiger partial charge in [-0.1, -0.05) is 24.3 Å². The summed E-state index contributed by atoms with van der Waals surface area (Å²) in [7, 11) is 0. The van der Waals surface area contributed by atoms with Crippen LogP contribution in [0.5, 0.6) is 0 Å². The lowest BCUT2D eigenvalue weighted by atomic mass is 10.2. The van der Waals surface area contributed by atoms with Gasteiger partial charge in [-0.25, -0.2) is 0 Å². The molecule has 0 aliphatic heterocycles. The third-order valence-electron chi connectivity index (χ3n) is 1.21. The van der Waals surface area contributed by atoms with Gasteiger partial charge in [-0.05, 0) is 33.1 Å². The van der Waals surface area contributed by atoms with Crippen molar-refractivity contribution in [3.05, 3.63) is 24.3 Å². The second-order valence-electron chi connectivity index (χ2n) is 2.07. The molecule has 52 valence electrons. The van der Waals surface area contributed by atoms with Crippen LogP contribution < -0.4 is 0 Å². The van der Waals surface area contributed by atoms with E-state index in [-0.39, 0.29) is 0 Å². The minimum atomic E-state index is 1.22. The van der Waals surface area contributed by atoms with Crippen LogP contribution in [0.4, 0.5) is 0 Å². The molecule has 0 heteroatoms. The highest BCUT2D eigenvalue weighted by Gasteiger charge is 1.76. The maximum absolute atomic E-state index is 2.21. The van der Waals surface area contributed by atoms with E-state index in [9.17, 15) is 0 Å². The highest BCUT2D eigenvalue weighted by atomic mass is 13.8. The molecule has 0 saturated heterocycles. The van der Waals surface area contributed by atoms with Crippen molar-refractivity contribution >= 4 is 0 Å². The number of hydrogen-bond donors (Lipinski definition) is 0. The van der Waals surface area contributed by atoms with Crippen LogP contribution in [0.15, 0.2) is 24.3 Å². The van der Waals surface area contributed by atoms with Crippen molar-refractivity contribution in [2.45, 2.75) is 33.1 Å². The number of hydrogen-bond acceptors (Lipinski definition) is 0. The van der Waals surface area contributed by atoms with Gasteiger partial charge in [0.15, 0.2) is 0 Å². The molecule has 0 aromatic heterocycles. The summed E-state index contributed by atoms with van der Waals surface area (Å²) in [5.74, 6) is 0. The van der Waals surface area contributed by atoms with E-state index in [0.29, 0.717) is 0 Å². The van der Waals surface area contributed by atoms with Crippen molar-refractivity contribution in [1.82, 2.24) is 0 Å². The molecule has 0 rings (SSSR count). The number of unbranched alkanes of at least 4 members (excludes halogenated alkanes) is 2. The van der Waals surface area contributed by atoms with Gasteiger partial charge in [0.05, 0.1) is 0 Å². The van der Waals surface area contributed by atoms with Gasteiger partial charge in [-0.15, -0.1) is 0 Å². The van der Waals surface area contributed by atoms with E-state index in [0.717, 1.165) is 0 Å². The van der Waals surface area contributed by atoms with Gasteiger partial charge >= 0.3 is 0 Å². The molecule has 0 nitrogen and oxygen atoms in total. The van der Waals surface area contributed by atoms with Gasteiger partial charge in [0.2, 0.25) is 0 Å². The SMILES string of the molecule is C/C=C/CCC/C=C/C. The summed E-state index contributed by atoms with van der Waals surface area (Å²) in [6.07, 6.45) is 12.4. The second-order valence-corrected chi connectivity index (χ2v) is 2.07. The number of allylic oxidation sites excluding steroid dienone is 4. The van der Waals surface area contributed by atoms with E-state index in [4.69, 9.17) is 0 Å². The highest BCUT2D eigenvalue weighted by Crippen LogP contribution is 1.96. The molecule has 0 spiro atoms. The Morgan fingerprint density at radius 1 is 0.889 bits per heavy atom. The monoisotopic (exact) mass is 124 g/mol. The van der Waals surface area contributed by atoms with Crippen molar-refractivity contribution in [3.8, 4) is 0 Å². The molecule has 0 aliphatic carbocycles. The molecule has 0 bridgehead atoms. The van der Waals surface area contributed by atoms with Crippen LogP contribution >= 0.6 is 0 Å². The predicted octanol–water partition coefficient (Wildman–Crippen LogP) is 3.31. The van der Waals surface area contributed by atoms with E-state index < -0.39 is 0 Å². The van der Waals surface area contributed by atoms with Gasteiger partial charge in [0, 0.05) is 0 Å². The van der Waals surface area contributed by atoms with Gasteiger partial charge in [0.25, 0.3) is 0 Å². The first-order valence-corrected chi connectivity index (χ1v) is 3.64. The molecule has 0 saturated carbocycles. The lowest BCUT2D eigenvalue weighted by Crippen LogP contribution is -1.66. The minimum absolute atomic E-state index is 1.22. The van der Waals surface area contributed by atoms with E-state index in [1.54, 1.807) is 0 Å². The standard InChI is InChI=1S/C9H16/c1-3-5-7-9-8-6-4-2/h3-6H,7-9H2,1-2H3/b5-3+,6-4+. The van der Waals surface area contributed by atoms with Crippen LogP contribution in [-0.2, 0) is 0 Å². The van der Waals surface area contributed by atoms with Gasteiger partial charge in [-0.2, -0.15) is 0 Å². The minimum Gasteiger partial charge on any atom is -0.0917 e. The summed E-state index contributed by atoms with van der Waals surface area (Å²) < 4.78 is 0. The maximum Gasteiger partial charge on any atom is -0.0348 e. The smallest absolute Gasteiger partial charge is 0.0348 e. The Morgan fingerprint density at radius 2 is 1.33 bits per heavy atom. The van der Waals surface area contributed by atoms with E-state index in [2.05, 4.69) is 38.2 Å². The van der Waals surface area contributed by atoms with Crippen molar-refractivity contribution in [1.29, 1.82) is 0 Å². The fraction of sp³-hybridized carbons (Fsp3) is 0.556. The quantitative estimate of drug-likeness (QED) is 0.398. The predicted molar refractivity (Wildman–Crippen MR) is 43.5 cm³/mol.